The molecule has 0 saturated carbocycles. The van der Waals surface area contributed by atoms with Gasteiger partial charge < -0.3 is 5.32 Å². The molecule has 0 fully saturated rings. The molecule has 0 aliphatic rings. The second-order valence-corrected chi connectivity index (χ2v) is 4.17. The van der Waals surface area contributed by atoms with E-state index in [9.17, 15) is 0 Å². The molecule has 0 aliphatic heterocycles. The van der Waals surface area contributed by atoms with Crippen molar-refractivity contribution < 1.29 is 0 Å². The van der Waals surface area contributed by atoms with Crippen LogP contribution in [0.5, 0.6) is 0 Å². The van der Waals surface area contributed by atoms with Gasteiger partial charge in [0.1, 0.15) is 0 Å². The largest absolute Gasteiger partial charge is 0.305 e. The zero-order chi connectivity index (χ0) is 11.4. The van der Waals surface area contributed by atoms with Crippen LogP contribution in [0.3, 0.4) is 0 Å². The van der Waals surface area contributed by atoms with E-state index in [0.717, 1.165) is 17.3 Å². The minimum absolute atomic E-state index is 0.292. The molecule has 1 heterocycles. The summed E-state index contributed by atoms with van der Waals surface area (Å²) < 4.78 is 0. The number of benzene rings is 1. The molecule has 0 unspecified atom stereocenters. The van der Waals surface area contributed by atoms with E-state index >= 15 is 0 Å². The van der Waals surface area contributed by atoms with Gasteiger partial charge in [-0.3, -0.25) is 5.10 Å². The Labute approximate surface area is 99.8 Å². The summed E-state index contributed by atoms with van der Waals surface area (Å²) in [6.07, 6.45) is 1.75. The Hall–Kier alpha value is -1.32. The van der Waals surface area contributed by atoms with Gasteiger partial charge in [-0.1, -0.05) is 23.7 Å². The zero-order valence-corrected chi connectivity index (χ0v) is 9.83. The lowest BCUT2D eigenvalue weighted by atomic mass is 10.1. The number of aromatic amines is 1. The van der Waals surface area contributed by atoms with Crippen molar-refractivity contribution in [1.82, 2.24) is 15.5 Å². The van der Waals surface area contributed by atoms with Crippen LogP contribution in [0.2, 0.25) is 5.02 Å². The van der Waals surface area contributed by atoms with E-state index in [1.807, 2.05) is 30.3 Å². The minimum Gasteiger partial charge on any atom is -0.305 e. The van der Waals surface area contributed by atoms with Gasteiger partial charge in [0.2, 0.25) is 0 Å². The fourth-order valence-electron chi connectivity index (χ4n) is 1.52. The van der Waals surface area contributed by atoms with Crippen molar-refractivity contribution in [3.05, 3.63) is 52.8 Å². The summed E-state index contributed by atoms with van der Waals surface area (Å²) in [5.74, 6) is 0. The molecule has 1 aromatic heterocycles. The summed E-state index contributed by atoms with van der Waals surface area (Å²) in [7, 11) is 0. The zero-order valence-electron chi connectivity index (χ0n) is 9.07. The topological polar surface area (TPSA) is 40.7 Å². The Balaban J connectivity index is 1.93. The molecular formula is C12H14ClN3. The summed E-state index contributed by atoms with van der Waals surface area (Å²) in [6, 6.07) is 10.1. The second-order valence-electron chi connectivity index (χ2n) is 3.74. The number of nitrogens with zero attached hydrogens (tertiary/aromatic N) is 1. The maximum atomic E-state index is 5.84. The number of aromatic nitrogens is 2. The highest BCUT2D eigenvalue weighted by molar-refractivity contribution is 6.30. The van der Waals surface area contributed by atoms with Crippen LogP contribution in [-0.2, 0) is 6.54 Å². The van der Waals surface area contributed by atoms with Crippen molar-refractivity contribution in [3.63, 3.8) is 0 Å². The molecule has 1 atom stereocenters. The molecule has 3 nitrogen and oxygen atoms in total. The third-order valence-corrected chi connectivity index (χ3v) is 2.78. The maximum absolute atomic E-state index is 5.84. The van der Waals surface area contributed by atoms with E-state index in [1.165, 1.54) is 5.56 Å². The fourth-order valence-corrected chi connectivity index (χ4v) is 1.64. The van der Waals surface area contributed by atoms with Gasteiger partial charge >= 0.3 is 0 Å². The van der Waals surface area contributed by atoms with Crippen molar-refractivity contribution in [3.8, 4) is 0 Å². The first-order chi connectivity index (χ1) is 7.75. The maximum Gasteiger partial charge on any atom is 0.0490 e. The first-order valence-corrected chi connectivity index (χ1v) is 5.60. The molecule has 0 aliphatic carbocycles. The van der Waals surface area contributed by atoms with Crippen molar-refractivity contribution >= 4 is 11.6 Å². The van der Waals surface area contributed by atoms with Gasteiger partial charge in [-0.25, -0.2) is 0 Å². The molecule has 2 N–H and O–H groups in total. The Morgan fingerprint density at radius 2 is 2.06 bits per heavy atom. The lowest BCUT2D eigenvalue weighted by Gasteiger charge is -2.13. The second kappa shape index (κ2) is 5.14. The molecule has 0 amide bonds. The Morgan fingerprint density at radius 1 is 1.31 bits per heavy atom. The molecule has 84 valence electrons. The lowest BCUT2D eigenvalue weighted by Crippen LogP contribution is -2.18. The molecule has 16 heavy (non-hydrogen) atoms. The predicted molar refractivity (Wildman–Crippen MR) is 65.3 cm³/mol. The van der Waals surface area contributed by atoms with E-state index in [2.05, 4.69) is 22.4 Å². The van der Waals surface area contributed by atoms with E-state index in [1.54, 1.807) is 6.20 Å². The van der Waals surface area contributed by atoms with Gasteiger partial charge in [0.25, 0.3) is 0 Å². The van der Waals surface area contributed by atoms with Crippen LogP contribution in [0.25, 0.3) is 0 Å². The number of nitrogens with one attached hydrogen (secondary N) is 2. The molecule has 0 spiro atoms. The van der Waals surface area contributed by atoms with Crippen molar-refractivity contribution in [2.45, 2.75) is 19.5 Å². The normalized spacial score (nSPS) is 12.6. The van der Waals surface area contributed by atoms with Gasteiger partial charge in [-0.05, 0) is 30.7 Å². The van der Waals surface area contributed by atoms with Gasteiger partial charge in [0, 0.05) is 29.5 Å². The number of H-pyrrole nitrogens is 1. The van der Waals surface area contributed by atoms with E-state index in [-0.39, 0.29) is 0 Å². The summed E-state index contributed by atoms with van der Waals surface area (Å²) in [5, 5.41) is 11.0. The average molecular weight is 236 g/mol. The highest BCUT2D eigenvalue weighted by atomic mass is 35.5. The van der Waals surface area contributed by atoms with Gasteiger partial charge in [-0.15, -0.1) is 0 Å². The highest BCUT2D eigenvalue weighted by Crippen LogP contribution is 2.16. The van der Waals surface area contributed by atoms with Gasteiger partial charge in [-0.2, -0.15) is 5.10 Å². The predicted octanol–water partition coefficient (Wildman–Crippen LogP) is 2.91. The first kappa shape index (κ1) is 11.2. The molecule has 0 saturated heterocycles. The molecule has 0 radical (unpaired) electrons. The van der Waals surface area contributed by atoms with Crippen LogP contribution in [0.4, 0.5) is 0 Å². The number of rotatable bonds is 4. The van der Waals surface area contributed by atoms with E-state index in [0.29, 0.717) is 6.04 Å². The first-order valence-electron chi connectivity index (χ1n) is 5.23. The molecular weight excluding hydrogens is 222 g/mol. The van der Waals surface area contributed by atoms with Crippen LogP contribution in [-0.4, -0.2) is 10.2 Å². The van der Waals surface area contributed by atoms with Crippen molar-refractivity contribution in [2.24, 2.45) is 0 Å². The van der Waals surface area contributed by atoms with Crippen LogP contribution in [0.15, 0.2) is 36.5 Å². The summed E-state index contributed by atoms with van der Waals surface area (Å²) >= 11 is 5.84. The Bertz CT molecular complexity index is 422. The smallest absolute Gasteiger partial charge is 0.0490 e. The SMILES string of the molecule is C[C@@H](NCc1ccn[nH]1)c1ccc(Cl)cc1. The number of hydrogen-bond acceptors (Lipinski definition) is 2. The average Bonchev–Trinajstić information content (AvgIpc) is 2.80. The minimum atomic E-state index is 0.292. The lowest BCUT2D eigenvalue weighted by molar-refractivity contribution is 0.567. The third kappa shape index (κ3) is 2.84. The third-order valence-electron chi connectivity index (χ3n) is 2.53. The van der Waals surface area contributed by atoms with Gasteiger partial charge in [0.15, 0.2) is 0 Å². The van der Waals surface area contributed by atoms with Crippen LogP contribution < -0.4 is 5.32 Å². The summed E-state index contributed by atoms with van der Waals surface area (Å²) in [6.45, 7) is 2.91. The van der Waals surface area contributed by atoms with Crippen LogP contribution in [0, 0.1) is 0 Å². The number of halogens is 1. The number of hydrogen-bond donors (Lipinski definition) is 2. The van der Waals surface area contributed by atoms with Crippen LogP contribution in [0.1, 0.15) is 24.2 Å². The monoisotopic (exact) mass is 235 g/mol. The van der Waals surface area contributed by atoms with Crippen LogP contribution >= 0.6 is 11.6 Å². The van der Waals surface area contributed by atoms with E-state index < -0.39 is 0 Å². The van der Waals surface area contributed by atoms with Crippen molar-refractivity contribution in [2.75, 3.05) is 0 Å². The molecule has 2 aromatic rings. The molecule has 2 rings (SSSR count). The fraction of sp³-hybridized carbons (Fsp3) is 0.250. The highest BCUT2D eigenvalue weighted by Gasteiger charge is 2.04. The molecule has 4 heteroatoms. The van der Waals surface area contributed by atoms with Gasteiger partial charge in [0.05, 0.1) is 0 Å². The summed E-state index contributed by atoms with van der Waals surface area (Å²) in [4.78, 5) is 0. The van der Waals surface area contributed by atoms with Crippen molar-refractivity contribution in [1.29, 1.82) is 0 Å². The summed E-state index contributed by atoms with van der Waals surface area (Å²) in [5.41, 5.74) is 2.31. The molecule has 0 bridgehead atoms. The quantitative estimate of drug-likeness (QED) is 0.856. The Morgan fingerprint density at radius 3 is 2.69 bits per heavy atom. The molecule has 1 aromatic carbocycles. The Kier molecular flexibility index (Phi) is 3.59. The van der Waals surface area contributed by atoms with E-state index in [4.69, 9.17) is 11.6 Å². The standard InChI is InChI=1S/C12H14ClN3/c1-9(10-2-4-11(13)5-3-10)14-8-12-6-7-15-16-12/h2-7,9,14H,8H2,1H3,(H,15,16)/t9-/m1/s1.